The molecular weight excluding hydrogens is 582 g/mol. The number of rotatable bonds is 6. The Labute approximate surface area is 243 Å². The molecule has 0 aromatic carbocycles. The number of nitrogens with one attached hydrogen (secondary N) is 3. The maximum Gasteiger partial charge on any atom is 0.312 e. The largest absolute Gasteiger partial charge is 0.505 e. The van der Waals surface area contributed by atoms with Crippen molar-refractivity contribution in [2.24, 2.45) is 11.8 Å². The van der Waals surface area contributed by atoms with E-state index in [0.717, 1.165) is 13.0 Å². The number of aliphatic hydroxyl groups is 1. The van der Waals surface area contributed by atoms with E-state index in [4.69, 9.17) is 4.74 Å². The first-order valence-corrected chi connectivity index (χ1v) is 13.2. The summed E-state index contributed by atoms with van der Waals surface area (Å²) in [5.41, 5.74) is -1.62. The predicted octanol–water partition coefficient (Wildman–Crippen LogP) is 1.04. The molecule has 3 amide bonds. The Hall–Kier alpha value is -4.34. The molecule has 1 fully saturated rings. The first-order chi connectivity index (χ1) is 20.1. The van der Waals surface area contributed by atoms with Crippen LogP contribution in [-0.4, -0.2) is 74.2 Å². The summed E-state index contributed by atoms with van der Waals surface area (Å²) in [4.78, 5) is 59.0. The highest BCUT2D eigenvalue weighted by Gasteiger charge is 2.40. The lowest BCUT2D eigenvalue weighted by molar-refractivity contribution is -0.165. The molecule has 5 N–H and O–H groups in total. The number of cyclic esters (lactones) is 1. The van der Waals surface area contributed by atoms with Gasteiger partial charge in [-0.15, -0.1) is 0 Å². The fourth-order valence-electron chi connectivity index (χ4n) is 4.41. The van der Waals surface area contributed by atoms with E-state index in [1.807, 2.05) is 0 Å². The zero-order valence-corrected chi connectivity index (χ0v) is 23.5. The molecule has 3 heterocycles. The summed E-state index contributed by atoms with van der Waals surface area (Å²) in [6, 6.07) is -2.18. The van der Waals surface area contributed by atoms with Gasteiger partial charge in [0.05, 0.1) is 24.1 Å². The minimum absolute atomic E-state index is 0.0263. The van der Waals surface area contributed by atoms with Gasteiger partial charge in [-0.2, -0.15) is 18.2 Å². The van der Waals surface area contributed by atoms with Crippen LogP contribution in [0.5, 0.6) is 5.75 Å². The first kappa shape index (κ1) is 33.2. The molecule has 6 atom stereocenters. The molecule has 1 aliphatic heterocycles. The van der Waals surface area contributed by atoms with Gasteiger partial charge in [-0.05, 0) is 38.3 Å². The lowest BCUT2D eigenvalue weighted by Gasteiger charge is -2.33. The van der Waals surface area contributed by atoms with Crippen molar-refractivity contribution in [3.05, 3.63) is 53.1 Å². The normalized spacial score (nSPS) is 25.2. The maximum absolute atomic E-state index is 14.6. The molecule has 0 radical (unpaired) electrons. The van der Waals surface area contributed by atoms with Crippen molar-refractivity contribution in [1.82, 2.24) is 25.9 Å². The molecule has 1 aliphatic rings. The van der Waals surface area contributed by atoms with Crippen LogP contribution in [0.2, 0.25) is 0 Å². The number of pyridine rings is 2. The van der Waals surface area contributed by atoms with E-state index in [1.165, 1.54) is 19.2 Å². The molecule has 2 aromatic heterocycles. The molecule has 16 heteroatoms. The molecule has 234 valence electrons. The fourth-order valence-corrected chi connectivity index (χ4v) is 4.41. The monoisotopic (exact) mass is 613 g/mol. The van der Waals surface area contributed by atoms with Crippen molar-refractivity contribution < 1.29 is 51.7 Å². The molecular formula is C27H31F4N5O7. The summed E-state index contributed by atoms with van der Waals surface area (Å²) in [6.45, 7) is 5.95. The summed E-state index contributed by atoms with van der Waals surface area (Å²) in [7, 11) is 0. The van der Waals surface area contributed by atoms with E-state index < -0.39 is 107 Å². The molecule has 3 rings (SSSR count). The van der Waals surface area contributed by atoms with E-state index in [-0.39, 0.29) is 12.3 Å². The number of nitrogens with zero attached hydrogens (tertiary/aromatic N) is 2. The second-order valence-electron chi connectivity index (χ2n) is 10.6. The van der Waals surface area contributed by atoms with Crippen LogP contribution >= 0.6 is 0 Å². The highest BCUT2D eigenvalue weighted by atomic mass is 19.2. The number of carbonyl (C=O) groups is 4. The van der Waals surface area contributed by atoms with Crippen LogP contribution in [0.15, 0.2) is 18.3 Å². The fraction of sp³-hybridized carbons (Fsp3) is 0.481. The number of esters is 1. The summed E-state index contributed by atoms with van der Waals surface area (Å²) >= 11 is 0. The third kappa shape index (κ3) is 7.74. The highest BCUT2D eigenvalue weighted by molar-refractivity contribution is 5.98. The topological polar surface area (TPSA) is 180 Å². The number of hydrogen-bond acceptors (Lipinski definition) is 9. The Kier molecular flexibility index (Phi) is 10.6. The van der Waals surface area contributed by atoms with Gasteiger partial charge in [0.15, 0.2) is 17.6 Å². The van der Waals surface area contributed by atoms with E-state index in [0.29, 0.717) is 0 Å². The minimum atomic E-state index is -2.11. The van der Waals surface area contributed by atoms with E-state index in [2.05, 4.69) is 25.9 Å². The number of hydrogen-bond donors (Lipinski definition) is 5. The average molecular weight is 614 g/mol. The van der Waals surface area contributed by atoms with Gasteiger partial charge in [0.1, 0.15) is 11.8 Å². The van der Waals surface area contributed by atoms with Crippen molar-refractivity contribution in [3.8, 4) is 5.75 Å². The van der Waals surface area contributed by atoms with Crippen LogP contribution in [0.25, 0.3) is 0 Å². The summed E-state index contributed by atoms with van der Waals surface area (Å²) < 4.78 is 61.8. The molecule has 1 unspecified atom stereocenters. The zero-order chi connectivity index (χ0) is 32.2. The Morgan fingerprint density at radius 2 is 1.74 bits per heavy atom. The van der Waals surface area contributed by atoms with Crippen LogP contribution in [0.3, 0.4) is 0 Å². The summed E-state index contributed by atoms with van der Waals surface area (Å²) in [6.07, 6.45) is -3.16. The van der Waals surface area contributed by atoms with Crippen LogP contribution in [0.1, 0.15) is 50.2 Å². The summed E-state index contributed by atoms with van der Waals surface area (Å²) in [5, 5.41) is 28.2. The third-order valence-electron chi connectivity index (χ3n) is 6.81. The van der Waals surface area contributed by atoms with Crippen LogP contribution in [-0.2, 0) is 25.5 Å². The number of amides is 3. The highest BCUT2D eigenvalue weighted by Crippen LogP contribution is 2.23. The van der Waals surface area contributed by atoms with E-state index in [9.17, 15) is 47.0 Å². The smallest absolute Gasteiger partial charge is 0.312 e. The van der Waals surface area contributed by atoms with Gasteiger partial charge >= 0.3 is 5.97 Å². The van der Waals surface area contributed by atoms with Crippen LogP contribution < -0.4 is 16.0 Å². The predicted molar refractivity (Wildman–Crippen MR) is 139 cm³/mol. The van der Waals surface area contributed by atoms with Gasteiger partial charge in [0.25, 0.3) is 17.8 Å². The average Bonchev–Trinajstić information content (AvgIpc) is 2.94. The maximum atomic E-state index is 14.6. The number of aromatic nitrogens is 2. The second kappa shape index (κ2) is 13.8. The van der Waals surface area contributed by atoms with E-state index in [1.54, 1.807) is 13.8 Å². The number of aliphatic hydroxyl groups excluding tert-OH is 1. The zero-order valence-electron chi connectivity index (χ0n) is 23.5. The lowest BCUT2D eigenvalue weighted by atomic mass is 9.92. The van der Waals surface area contributed by atoms with Crippen molar-refractivity contribution >= 4 is 23.7 Å². The Morgan fingerprint density at radius 3 is 2.37 bits per heavy atom. The van der Waals surface area contributed by atoms with Crippen molar-refractivity contribution in [1.29, 1.82) is 0 Å². The standard InChI is InChI=1S/C27H31F4N5O7/c1-10(2)8-16-24(39)33-12(4)19(35-26(41)20-15(37)6-5-7-32-20)25(40)34-14(21(38)11(3)27(42)43-16)9-13-17(28)18(29)23(31)36-22(13)30/h5-7,10-12,14,16,19,21,37-38H,8-9H2,1-4H3,(H,33,39)(H,34,40)(H,35,41)/t11-,12-,14+,16?,19+,21+/m1/s1. The number of aromatic hydroxyl groups is 1. The molecule has 0 bridgehead atoms. The Balaban J connectivity index is 2.07. The van der Waals surface area contributed by atoms with Crippen molar-refractivity contribution in [2.45, 2.75) is 70.9 Å². The van der Waals surface area contributed by atoms with Gasteiger partial charge in [-0.3, -0.25) is 19.2 Å². The third-order valence-corrected chi connectivity index (χ3v) is 6.81. The number of ether oxygens (including phenoxy) is 1. The van der Waals surface area contributed by atoms with Gasteiger partial charge in [-0.25, -0.2) is 9.37 Å². The SMILES string of the molecule is CC(C)CC1OC(=O)[C@H](C)[C@H](O)[C@H](Cc2c(F)nc(F)c(F)c2F)NC(=O)[C@@H](NC(=O)c2ncccc2O)[C@@H](C)NC1=O. The Morgan fingerprint density at radius 1 is 1.07 bits per heavy atom. The quantitative estimate of drug-likeness (QED) is 0.181. The number of carbonyl (C=O) groups excluding carboxylic acids is 4. The number of halogens is 4. The minimum Gasteiger partial charge on any atom is -0.505 e. The molecule has 43 heavy (non-hydrogen) atoms. The molecule has 12 nitrogen and oxygen atoms in total. The first-order valence-electron chi connectivity index (χ1n) is 13.2. The van der Waals surface area contributed by atoms with Crippen LogP contribution in [0, 0.1) is 35.4 Å². The molecule has 0 spiro atoms. The van der Waals surface area contributed by atoms with Gasteiger partial charge < -0.3 is 30.9 Å². The molecule has 1 saturated heterocycles. The Bertz CT molecular complexity index is 1400. The van der Waals surface area contributed by atoms with Crippen molar-refractivity contribution in [3.63, 3.8) is 0 Å². The van der Waals surface area contributed by atoms with Gasteiger partial charge in [0.2, 0.25) is 17.7 Å². The van der Waals surface area contributed by atoms with Gasteiger partial charge in [0, 0.05) is 18.2 Å². The molecule has 0 saturated carbocycles. The van der Waals surface area contributed by atoms with Gasteiger partial charge in [-0.1, -0.05) is 13.8 Å². The van der Waals surface area contributed by atoms with E-state index >= 15 is 0 Å². The molecule has 2 aromatic rings. The lowest BCUT2D eigenvalue weighted by Crippen LogP contribution is -2.62. The van der Waals surface area contributed by atoms with Crippen molar-refractivity contribution in [2.75, 3.05) is 0 Å². The van der Waals surface area contributed by atoms with Crippen LogP contribution in [0.4, 0.5) is 17.6 Å². The summed E-state index contributed by atoms with van der Waals surface area (Å²) in [5.74, 6) is -14.2. The molecule has 0 aliphatic carbocycles. The second-order valence-corrected chi connectivity index (χ2v) is 10.6.